The molecule has 1 amide bonds. The summed E-state index contributed by atoms with van der Waals surface area (Å²) in [7, 11) is 0. The average Bonchev–Trinajstić information content (AvgIpc) is 3.00. The summed E-state index contributed by atoms with van der Waals surface area (Å²) in [6.45, 7) is 0.525. The second-order valence-electron chi connectivity index (χ2n) is 4.60. The van der Waals surface area contributed by atoms with Gasteiger partial charge >= 0.3 is 0 Å². The summed E-state index contributed by atoms with van der Waals surface area (Å²) in [6.07, 6.45) is 0.707. The minimum absolute atomic E-state index is 0.220. The summed E-state index contributed by atoms with van der Waals surface area (Å²) in [6, 6.07) is 9.12. The van der Waals surface area contributed by atoms with Crippen molar-refractivity contribution in [3.8, 4) is 0 Å². The maximum absolute atomic E-state index is 12.1. The molecule has 3 N–H and O–H groups in total. The van der Waals surface area contributed by atoms with Crippen molar-refractivity contribution in [2.45, 2.75) is 6.42 Å². The van der Waals surface area contributed by atoms with Crippen molar-refractivity contribution in [1.29, 1.82) is 0 Å². The van der Waals surface area contributed by atoms with E-state index in [1.54, 1.807) is 22.9 Å². The number of aromatic nitrogens is 2. The van der Waals surface area contributed by atoms with Gasteiger partial charge in [-0.3, -0.25) is 4.79 Å². The Bertz CT molecular complexity index is 770. The van der Waals surface area contributed by atoms with Gasteiger partial charge in [0.1, 0.15) is 5.69 Å². The summed E-state index contributed by atoms with van der Waals surface area (Å²) in [5, 5.41) is 5.67. The van der Waals surface area contributed by atoms with Gasteiger partial charge in [-0.25, -0.2) is 9.97 Å². The van der Waals surface area contributed by atoms with E-state index in [1.165, 1.54) is 0 Å². The minimum Gasteiger partial charge on any atom is -0.398 e. The lowest BCUT2D eigenvalue weighted by atomic mass is 10.1. The number of hydrogen-bond acceptors (Lipinski definition) is 5. The summed E-state index contributed by atoms with van der Waals surface area (Å²) >= 11 is 1.55. The molecule has 0 saturated heterocycles. The van der Waals surface area contributed by atoms with Crippen molar-refractivity contribution in [3.63, 3.8) is 0 Å². The number of carbonyl (C=O) groups is 1. The van der Waals surface area contributed by atoms with Gasteiger partial charge in [0.2, 0.25) is 0 Å². The van der Waals surface area contributed by atoms with Gasteiger partial charge in [0.25, 0.3) is 5.91 Å². The Morgan fingerprint density at radius 3 is 3.00 bits per heavy atom. The number of hydrogen-bond donors (Lipinski definition) is 2. The first-order valence-corrected chi connectivity index (χ1v) is 7.49. The Balaban J connectivity index is 1.72. The maximum atomic E-state index is 12.1. The molecule has 1 aromatic carbocycles. The molecule has 3 aromatic rings. The van der Waals surface area contributed by atoms with Crippen LogP contribution in [0.3, 0.4) is 0 Å². The number of anilines is 1. The standard InChI is InChI=1S/C15H14N4OS/c16-12-7-14(19-13-4-2-1-3-11(12)13)15(20)17-6-5-10-8-21-9-18-10/h1-4,7-9H,5-6H2,(H2,16,19)(H,17,20). The van der Waals surface area contributed by atoms with E-state index in [9.17, 15) is 4.79 Å². The van der Waals surface area contributed by atoms with E-state index in [0.29, 0.717) is 24.3 Å². The molecule has 3 rings (SSSR count). The Kier molecular flexibility index (Phi) is 3.79. The number of para-hydroxylation sites is 1. The monoisotopic (exact) mass is 298 g/mol. The number of amides is 1. The zero-order valence-electron chi connectivity index (χ0n) is 11.2. The van der Waals surface area contributed by atoms with E-state index in [-0.39, 0.29) is 5.91 Å². The van der Waals surface area contributed by atoms with Crippen molar-refractivity contribution < 1.29 is 4.79 Å². The molecular weight excluding hydrogens is 284 g/mol. The van der Waals surface area contributed by atoms with Crippen LogP contribution in [-0.4, -0.2) is 22.4 Å². The first kappa shape index (κ1) is 13.5. The Morgan fingerprint density at radius 1 is 1.33 bits per heavy atom. The summed E-state index contributed by atoms with van der Waals surface area (Å²) < 4.78 is 0. The largest absolute Gasteiger partial charge is 0.398 e. The number of nitrogens with one attached hydrogen (secondary N) is 1. The Labute approximate surface area is 125 Å². The molecule has 0 radical (unpaired) electrons. The van der Waals surface area contributed by atoms with Crippen LogP contribution in [0.5, 0.6) is 0 Å². The first-order chi connectivity index (χ1) is 10.2. The highest BCUT2D eigenvalue weighted by atomic mass is 32.1. The van der Waals surface area contributed by atoms with Crippen LogP contribution in [0.25, 0.3) is 10.9 Å². The number of fused-ring (bicyclic) bond motifs is 1. The predicted molar refractivity (Wildman–Crippen MR) is 84.3 cm³/mol. The third-order valence-electron chi connectivity index (χ3n) is 3.13. The van der Waals surface area contributed by atoms with Crippen LogP contribution in [-0.2, 0) is 6.42 Å². The third-order valence-corrected chi connectivity index (χ3v) is 3.77. The fourth-order valence-corrected chi connectivity index (χ4v) is 2.67. The van der Waals surface area contributed by atoms with E-state index < -0.39 is 0 Å². The van der Waals surface area contributed by atoms with Crippen LogP contribution in [0.1, 0.15) is 16.2 Å². The van der Waals surface area contributed by atoms with Crippen LogP contribution in [0.15, 0.2) is 41.2 Å². The third kappa shape index (κ3) is 3.00. The van der Waals surface area contributed by atoms with Crippen LogP contribution in [0, 0.1) is 0 Å². The van der Waals surface area contributed by atoms with Crippen molar-refractivity contribution in [1.82, 2.24) is 15.3 Å². The van der Waals surface area contributed by atoms with E-state index >= 15 is 0 Å². The van der Waals surface area contributed by atoms with Gasteiger partial charge in [0.05, 0.1) is 16.7 Å². The van der Waals surface area contributed by atoms with Crippen LogP contribution < -0.4 is 11.1 Å². The summed E-state index contributed by atoms with van der Waals surface area (Å²) in [5.41, 5.74) is 10.4. The highest BCUT2D eigenvalue weighted by Crippen LogP contribution is 2.19. The molecule has 0 aliphatic carbocycles. The van der Waals surface area contributed by atoms with E-state index in [0.717, 1.165) is 16.6 Å². The second-order valence-corrected chi connectivity index (χ2v) is 5.32. The molecule has 5 nitrogen and oxygen atoms in total. The molecule has 6 heteroatoms. The van der Waals surface area contributed by atoms with Crippen molar-refractivity contribution in [3.05, 3.63) is 52.6 Å². The van der Waals surface area contributed by atoms with Crippen molar-refractivity contribution in [2.24, 2.45) is 0 Å². The molecule has 0 aliphatic rings. The minimum atomic E-state index is -0.220. The fraction of sp³-hybridized carbons (Fsp3) is 0.133. The lowest BCUT2D eigenvalue weighted by Crippen LogP contribution is -2.26. The van der Waals surface area contributed by atoms with Gasteiger partial charge in [0.15, 0.2) is 0 Å². The quantitative estimate of drug-likeness (QED) is 0.774. The van der Waals surface area contributed by atoms with E-state index in [4.69, 9.17) is 5.73 Å². The molecule has 0 saturated carbocycles. The molecule has 0 bridgehead atoms. The smallest absolute Gasteiger partial charge is 0.269 e. The molecular formula is C15H14N4OS. The number of nitrogen functional groups attached to an aromatic ring is 1. The number of thiazole rings is 1. The molecule has 0 spiro atoms. The summed E-state index contributed by atoms with van der Waals surface area (Å²) in [4.78, 5) is 20.6. The fourth-order valence-electron chi connectivity index (χ4n) is 2.07. The highest BCUT2D eigenvalue weighted by Gasteiger charge is 2.10. The second kappa shape index (κ2) is 5.88. The lowest BCUT2D eigenvalue weighted by molar-refractivity contribution is 0.0949. The van der Waals surface area contributed by atoms with E-state index in [2.05, 4.69) is 15.3 Å². The maximum Gasteiger partial charge on any atom is 0.269 e. The molecule has 106 valence electrons. The molecule has 0 fully saturated rings. The van der Waals surface area contributed by atoms with E-state index in [1.807, 2.05) is 29.6 Å². The number of benzene rings is 1. The van der Waals surface area contributed by atoms with Crippen molar-refractivity contribution in [2.75, 3.05) is 12.3 Å². The topological polar surface area (TPSA) is 80.9 Å². The van der Waals surface area contributed by atoms with Gasteiger partial charge in [0, 0.05) is 29.4 Å². The highest BCUT2D eigenvalue weighted by molar-refractivity contribution is 7.07. The normalized spacial score (nSPS) is 10.7. The molecule has 2 heterocycles. The summed E-state index contributed by atoms with van der Waals surface area (Å²) in [5.74, 6) is -0.220. The molecule has 21 heavy (non-hydrogen) atoms. The Hall–Kier alpha value is -2.47. The zero-order valence-corrected chi connectivity index (χ0v) is 12.1. The first-order valence-electron chi connectivity index (χ1n) is 6.54. The van der Waals surface area contributed by atoms with Crippen molar-refractivity contribution >= 4 is 33.8 Å². The van der Waals surface area contributed by atoms with Gasteiger partial charge in [-0.1, -0.05) is 18.2 Å². The van der Waals surface area contributed by atoms with Crippen LogP contribution in [0.4, 0.5) is 5.69 Å². The van der Waals surface area contributed by atoms with Gasteiger partial charge in [-0.05, 0) is 12.1 Å². The molecule has 0 aliphatic heterocycles. The zero-order chi connectivity index (χ0) is 14.7. The number of nitrogens with zero attached hydrogens (tertiary/aromatic N) is 2. The van der Waals surface area contributed by atoms with Crippen LogP contribution >= 0.6 is 11.3 Å². The number of rotatable bonds is 4. The lowest BCUT2D eigenvalue weighted by Gasteiger charge is -2.07. The van der Waals surface area contributed by atoms with Gasteiger partial charge < -0.3 is 11.1 Å². The number of pyridine rings is 1. The van der Waals surface area contributed by atoms with Gasteiger partial charge in [-0.15, -0.1) is 11.3 Å². The number of nitrogens with two attached hydrogens (primary N) is 1. The average molecular weight is 298 g/mol. The molecule has 2 aromatic heterocycles. The SMILES string of the molecule is Nc1cc(C(=O)NCCc2cscn2)nc2ccccc12. The number of carbonyl (C=O) groups excluding carboxylic acids is 1. The molecule has 0 unspecified atom stereocenters. The predicted octanol–water partition coefficient (Wildman–Crippen LogP) is 2.25. The molecule has 0 atom stereocenters. The van der Waals surface area contributed by atoms with Crippen LogP contribution in [0.2, 0.25) is 0 Å². The van der Waals surface area contributed by atoms with Gasteiger partial charge in [-0.2, -0.15) is 0 Å². The Morgan fingerprint density at radius 2 is 2.19 bits per heavy atom.